The zero-order chi connectivity index (χ0) is 18.5. The average Bonchev–Trinajstić information content (AvgIpc) is 2.63. The molecule has 0 aliphatic heterocycles. The Balaban J connectivity index is 1.67. The third-order valence-electron chi connectivity index (χ3n) is 3.99. The SMILES string of the molecule is Cc1c(Cl)cccc1NC(=S)NC(=O)C=Cc1cccc2ccccc12. The maximum absolute atomic E-state index is 12.2. The molecule has 0 aliphatic rings. The Morgan fingerprint density at radius 2 is 1.77 bits per heavy atom. The van der Waals surface area contributed by atoms with Gasteiger partial charge < -0.3 is 5.32 Å². The van der Waals surface area contributed by atoms with Crippen molar-refractivity contribution in [2.45, 2.75) is 6.92 Å². The number of nitrogens with one attached hydrogen (secondary N) is 2. The summed E-state index contributed by atoms with van der Waals surface area (Å²) < 4.78 is 0. The normalized spacial score (nSPS) is 10.8. The molecule has 130 valence electrons. The van der Waals surface area contributed by atoms with E-state index in [1.165, 1.54) is 6.08 Å². The molecule has 0 bridgehead atoms. The van der Waals surface area contributed by atoms with Gasteiger partial charge in [-0.3, -0.25) is 10.1 Å². The van der Waals surface area contributed by atoms with Crippen LogP contribution < -0.4 is 10.6 Å². The molecule has 0 saturated heterocycles. The van der Waals surface area contributed by atoms with E-state index in [1.807, 2.05) is 61.5 Å². The Kier molecular flexibility index (Phi) is 5.66. The minimum atomic E-state index is -0.296. The molecule has 1 amide bonds. The highest BCUT2D eigenvalue weighted by Gasteiger charge is 2.06. The van der Waals surface area contributed by atoms with Gasteiger partial charge in [0.25, 0.3) is 0 Å². The molecule has 0 atom stereocenters. The molecule has 0 aromatic heterocycles. The third-order valence-corrected chi connectivity index (χ3v) is 4.60. The lowest BCUT2D eigenvalue weighted by atomic mass is 10.0. The van der Waals surface area contributed by atoms with Crippen molar-refractivity contribution in [2.75, 3.05) is 5.32 Å². The highest BCUT2D eigenvalue weighted by Crippen LogP contribution is 2.23. The molecular weight excluding hydrogens is 364 g/mol. The predicted octanol–water partition coefficient (Wildman–Crippen LogP) is 5.33. The van der Waals surface area contributed by atoms with E-state index >= 15 is 0 Å². The minimum absolute atomic E-state index is 0.225. The second kappa shape index (κ2) is 8.13. The first-order chi connectivity index (χ1) is 12.5. The van der Waals surface area contributed by atoms with Gasteiger partial charge in [0.1, 0.15) is 0 Å². The van der Waals surface area contributed by atoms with Gasteiger partial charge >= 0.3 is 0 Å². The minimum Gasteiger partial charge on any atom is -0.332 e. The molecular formula is C21H17ClN2OS. The molecule has 0 fully saturated rings. The van der Waals surface area contributed by atoms with Crippen LogP contribution in [0.15, 0.2) is 66.7 Å². The molecule has 3 rings (SSSR count). The van der Waals surface area contributed by atoms with Gasteiger partial charge in [-0.2, -0.15) is 0 Å². The molecule has 3 nitrogen and oxygen atoms in total. The lowest BCUT2D eigenvalue weighted by Crippen LogP contribution is -2.33. The molecule has 3 aromatic rings. The molecule has 0 spiro atoms. The summed E-state index contributed by atoms with van der Waals surface area (Å²) in [6.45, 7) is 1.88. The van der Waals surface area contributed by atoms with Crippen LogP contribution in [0.1, 0.15) is 11.1 Å². The molecule has 0 radical (unpaired) electrons. The summed E-state index contributed by atoms with van der Waals surface area (Å²) in [5, 5.41) is 8.72. The van der Waals surface area contributed by atoms with Crippen LogP contribution in [-0.4, -0.2) is 11.0 Å². The number of hydrogen-bond acceptors (Lipinski definition) is 2. The van der Waals surface area contributed by atoms with E-state index in [1.54, 1.807) is 12.1 Å². The van der Waals surface area contributed by atoms with Gasteiger partial charge in [-0.05, 0) is 59.2 Å². The van der Waals surface area contributed by atoms with Crippen molar-refractivity contribution in [3.63, 3.8) is 0 Å². The third kappa shape index (κ3) is 4.28. The second-order valence-corrected chi connectivity index (χ2v) is 6.57. The average molecular weight is 381 g/mol. The number of thiocarbonyl (C=S) groups is 1. The van der Waals surface area contributed by atoms with Crippen molar-refractivity contribution >= 4 is 57.4 Å². The van der Waals surface area contributed by atoms with Crippen molar-refractivity contribution in [1.29, 1.82) is 0 Å². The zero-order valence-corrected chi connectivity index (χ0v) is 15.7. The summed E-state index contributed by atoms with van der Waals surface area (Å²) in [4.78, 5) is 12.2. The Labute approximate surface area is 162 Å². The summed E-state index contributed by atoms with van der Waals surface area (Å²) in [5.74, 6) is -0.296. The fraction of sp³-hybridized carbons (Fsp3) is 0.0476. The Hall–Kier alpha value is -2.69. The first-order valence-electron chi connectivity index (χ1n) is 8.07. The summed E-state index contributed by atoms with van der Waals surface area (Å²) in [6.07, 6.45) is 3.26. The van der Waals surface area contributed by atoms with Crippen LogP contribution in [0.3, 0.4) is 0 Å². The van der Waals surface area contributed by atoms with Crippen molar-refractivity contribution in [1.82, 2.24) is 5.32 Å². The topological polar surface area (TPSA) is 41.1 Å². The van der Waals surface area contributed by atoms with Crippen LogP contribution in [0.25, 0.3) is 16.8 Å². The van der Waals surface area contributed by atoms with Crippen LogP contribution in [0.4, 0.5) is 5.69 Å². The molecule has 26 heavy (non-hydrogen) atoms. The van der Waals surface area contributed by atoms with E-state index in [9.17, 15) is 4.79 Å². The molecule has 0 heterocycles. The predicted molar refractivity (Wildman–Crippen MR) is 114 cm³/mol. The summed E-state index contributed by atoms with van der Waals surface area (Å²) in [7, 11) is 0. The lowest BCUT2D eigenvalue weighted by Gasteiger charge is -2.11. The van der Waals surface area contributed by atoms with Crippen LogP contribution in [0, 0.1) is 6.92 Å². The van der Waals surface area contributed by atoms with Crippen molar-refractivity contribution < 1.29 is 4.79 Å². The van der Waals surface area contributed by atoms with Gasteiger partial charge in [-0.25, -0.2) is 0 Å². The van der Waals surface area contributed by atoms with Gasteiger partial charge in [0, 0.05) is 16.8 Å². The molecule has 2 N–H and O–H groups in total. The van der Waals surface area contributed by atoms with E-state index in [0.29, 0.717) is 5.02 Å². The van der Waals surface area contributed by atoms with Crippen LogP contribution >= 0.6 is 23.8 Å². The number of anilines is 1. The standard InChI is InChI=1S/C21H17ClN2OS/c1-14-18(22)10-5-11-19(14)23-21(26)24-20(25)13-12-16-8-4-7-15-6-2-3-9-17(15)16/h2-13H,1H3,(H2,23,24,25,26). The zero-order valence-electron chi connectivity index (χ0n) is 14.1. The number of rotatable bonds is 3. The number of hydrogen-bond donors (Lipinski definition) is 2. The van der Waals surface area contributed by atoms with Crippen LogP contribution in [0.5, 0.6) is 0 Å². The molecule has 0 saturated carbocycles. The fourth-order valence-corrected chi connectivity index (χ4v) is 3.00. The molecule has 5 heteroatoms. The Morgan fingerprint density at radius 3 is 2.62 bits per heavy atom. The fourth-order valence-electron chi connectivity index (χ4n) is 2.61. The first-order valence-corrected chi connectivity index (χ1v) is 8.86. The largest absolute Gasteiger partial charge is 0.332 e. The van der Waals surface area contributed by atoms with Gasteiger partial charge in [0.2, 0.25) is 5.91 Å². The quantitative estimate of drug-likeness (QED) is 0.476. The number of halogens is 1. The van der Waals surface area contributed by atoms with E-state index in [0.717, 1.165) is 27.6 Å². The highest BCUT2D eigenvalue weighted by atomic mass is 35.5. The maximum atomic E-state index is 12.2. The smallest absolute Gasteiger partial charge is 0.250 e. The summed E-state index contributed by atoms with van der Waals surface area (Å²) in [6, 6.07) is 19.5. The number of carbonyl (C=O) groups is 1. The van der Waals surface area contributed by atoms with E-state index < -0.39 is 0 Å². The van der Waals surface area contributed by atoms with Gasteiger partial charge in [-0.15, -0.1) is 0 Å². The molecule has 0 aliphatic carbocycles. The van der Waals surface area contributed by atoms with Gasteiger partial charge in [-0.1, -0.05) is 60.1 Å². The number of amides is 1. The summed E-state index contributed by atoms with van der Waals surface area (Å²) >= 11 is 11.3. The van der Waals surface area contributed by atoms with E-state index in [4.69, 9.17) is 23.8 Å². The maximum Gasteiger partial charge on any atom is 0.250 e. The molecule has 0 unspecified atom stereocenters. The Morgan fingerprint density at radius 1 is 1.04 bits per heavy atom. The van der Waals surface area contributed by atoms with Crippen LogP contribution in [-0.2, 0) is 4.79 Å². The van der Waals surface area contributed by atoms with E-state index in [-0.39, 0.29) is 11.0 Å². The summed E-state index contributed by atoms with van der Waals surface area (Å²) in [5.41, 5.74) is 2.61. The van der Waals surface area contributed by atoms with Crippen molar-refractivity contribution in [2.24, 2.45) is 0 Å². The van der Waals surface area contributed by atoms with Crippen LogP contribution in [0.2, 0.25) is 5.02 Å². The Bertz CT molecular complexity index is 1010. The van der Waals surface area contributed by atoms with Gasteiger partial charge in [0.15, 0.2) is 5.11 Å². The highest BCUT2D eigenvalue weighted by molar-refractivity contribution is 7.80. The second-order valence-electron chi connectivity index (χ2n) is 5.76. The number of carbonyl (C=O) groups excluding carboxylic acids is 1. The van der Waals surface area contributed by atoms with E-state index in [2.05, 4.69) is 10.6 Å². The van der Waals surface area contributed by atoms with Gasteiger partial charge in [0.05, 0.1) is 0 Å². The lowest BCUT2D eigenvalue weighted by molar-refractivity contribution is -0.115. The number of fused-ring (bicyclic) bond motifs is 1. The number of benzene rings is 3. The molecule has 3 aromatic carbocycles. The monoisotopic (exact) mass is 380 g/mol. The van der Waals surface area contributed by atoms with Crippen molar-refractivity contribution in [3.05, 3.63) is 82.9 Å². The van der Waals surface area contributed by atoms with Crippen molar-refractivity contribution in [3.8, 4) is 0 Å². The first kappa shape index (κ1) is 18.1.